The van der Waals surface area contributed by atoms with Gasteiger partial charge in [0, 0.05) is 6.04 Å². The molecule has 1 aliphatic rings. The molecule has 1 aromatic carbocycles. The summed E-state index contributed by atoms with van der Waals surface area (Å²) in [7, 11) is 2.14. The fraction of sp³-hybridized carbons (Fsp3) is 0.500. The lowest BCUT2D eigenvalue weighted by Crippen LogP contribution is -2.34. The number of piperidine rings is 1. The van der Waals surface area contributed by atoms with Crippen molar-refractivity contribution in [1.29, 1.82) is 0 Å². The van der Waals surface area contributed by atoms with E-state index in [1.165, 1.54) is 5.56 Å². The second-order valence-corrected chi connectivity index (χ2v) is 5.36. The van der Waals surface area contributed by atoms with Gasteiger partial charge in [0.25, 0.3) is 0 Å². The second kappa shape index (κ2) is 4.28. The van der Waals surface area contributed by atoms with Crippen molar-refractivity contribution < 1.29 is 0 Å². The van der Waals surface area contributed by atoms with E-state index in [0.29, 0.717) is 6.04 Å². The first kappa shape index (κ1) is 11.5. The Morgan fingerprint density at radius 3 is 2.72 bits per heavy atom. The molecule has 2 aromatic rings. The van der Waals surface area contributed by atoms with Gasteiger partial charge in [-0.1, -0.05) is 6.07 Å². The maximum atomic E-state index is 12.1. The van der Waals surface area contributed by atoms with Gasteiger partial charge in [0.15, 0.2) is 0 Å². The average molecular weight is 245 g/mol. The van der Waals surface area contributed by atoms with E-state index in [9.17, 15) is 4.79 Å². The lowest BCUT2D eigenvalue weighted by Gasteiger charge is -2.29. The summed E-state index contributed by atoms with van der Waals surface area (Å²) in [6.45, 7) is 4.20. The minimum atomic E-state index is 0.0325. The van der Waals surface area contributed by atoms with E-state index in [-0.39, 0.29) is 5.69 Å². The first-order valence-corrected chi connectivity index (χ1v) is 6.54. The number of aryl methyl sites for hydroxylation is 1. The fourth-order valence-corrected chi connectivity index (χ4v) is 2.85. The maximum Gasteiger partial charge on any atom is 0.326 e. The number of imidazole rings is 1. The quantitative estimate of drug-likeness (QED) is 0.833. The Labute approximate surface area is 106 Å². The highest BCUT2D eigenvalue weighted by molar-refractivity contribution is 5.76. The topological polar surface area (TPSA) is 41.0 Å². The number of aromatic nitrogens is 2. The summed E-state index contributed by atoms with van der Waals surface area (Å²) < 4.78 is 1.95. The highest BCUT2D eigenvalue weighted by Crippen LogP contribution is 2.24. The summed E-state index contributed by atoms with van der Waals surface area (Å²) in [5.41, 5.74) is 3.23. The highest BCUT2D eigenvalue weighted by Gasteiger charge is 2.21. The molecule has 0 aliphatic carbocycles. The summed E-state index contributed by atoms with van der Waals surface area (Å²) >= 11 is 0. The van der Waals surface area contributed by atoms with Crippen molar-refractivity contribution in [3.05, 3.63) is 34.2 Å². The molecule has 96 valence electrons. The predicted octanol–water partition coefficient (Wildman–Crippen LogP) is 1.90. The van der Waals surface area contributed by atoms with E-state index in [1.54, 1.807) is 0 Å². The Kier molecular flexibility index (Phi) is 2.74. The van der Waals surface area contributed by atoms with Crippen molar-refractivity contribution in [2.24, 2.45) is 0 Å². The van der Waals surface area contributed by atoms with Crippen LogP contribution in [0.3, 0.4) is 0 Å². The van der Waals surface area contributed by atoms with Gasteiger partial charge in [-0.25, -0.2) is 4.79 Å². The molecule has 1 fully saturated rings. The van der Waals surface area contributed by atoms with Gasteiger partial charge in [-0.15, -0.1) is 0 Å². The number of nitrogens with zero attached hydrogens (tertiary/aromatic N) is 2. The zero-order valence-electron chi connectivity index (χ0n) is 10.9. The molecule has 0 bridgehead atoms. The molecule has 1 aromatic heterocycles. The normalized spacial score (nSPS) is 18.6. The van der Waals surface area contributed by atoms with Crippen LogP contribution in [0.15, 0.2) is 23.0 Å². The van der Waals surface area contributed by atoms with Crippen LogP contribution in [0.2, 0.25) is 0 Å². The third-order valence-corrected chi connectivity index (χ3v) is 3.93. The van der Waals surface area contributed by atoms with Crippen LogP contribution in [-0.2, 0) is 0 Å². The minimum Gasteiger partial charge on any atom is -0.306 e. The fourth-order valence-electron chi connectivity index (χ4n) is 2.85. The molecule has 0 radical (unpaired) electrons. The molecule has 4 nitrogen and oxygen atoms in total. The van der Waals surface area contributed by atoms with Crippen LogP contribution in [0.4, 0.5) is 0 Å². The van der Waals surface area contributed by atoms with Crippen molar-refractivity contribution in [1.82, 2.24) is 14.5 Å². The Bertz CT molecular complexity index is 617. The minimum absolute atomic E-state index is 0.0325. The number of nitrogens with one attached hydrogen (secondary N) is 1. The van der Waals surface area contributed by atoms with Gasteiger partial charge >= 0.3 is 5.69 Å². The van der Waals surface area contributed by atoms with Crippen LogP contribution >= 0.6 is 0 Å². The molecule has 1 aliphatic heterocycles. The van der Waals surface area contributed by atoms with Crippen LogP contribution in [-0.4, -0.2) is 34.6 Å². The Hall–Kier alpha value is -1.55. The van der Waals surface area contributed by atoms with Gasteiger partial charge in [-0.05, 0) is 57.6 Å². The van der Waals surface area contributed by atoms with Crippen LogP contribution in [0, 0.1) is 6.92 Å². The first-order chi connectivity index (χ1) is 8.65. The molecular formula is C14H19N3O. The summed E-state index contributed by atoms with van der Waals surface area (Å²) in [6, 6.07) is 6.48. The third kappa shape index (κ3) is 1.86. The van der Waals surface area contributed by atoms with Crippen LogP contribution in [0.5, 0.6) is 0 Å². The highest BCUT2D eigenvalue weighted by atomic mass is 16.1. The van der Waals surface area contributed by atoms with E-state index in [1.807, 2.05) is 16.7 Å². The van der Waals surface area contributed by atoms with Crippen LogP contribution in [0.25, 0.3) is 11.0 Å². The van der Waals surface area contributed by atoms with E-state index in [0.717, 1.165) is 37.0 Å². The van der Waals surface area contributed by atoms with E-state index in [4.69, 9.17) is 0 Å². The van der Waals surface area contributed by atoms with Crippen LogP contribution in [0.1, 0.15) is 24.4 Å². The smallest absolute Gasteiger partial charge is 0.306 e. The molecule has 0 amide bonds. The Morgan fingerprint density at radius 1 is 1.28 bits per heavy atom. The largest absolute Gasteiger partial charge is 0.326 e. The van der Waals surface area contributed by atoms with E-state index in [2.05, 4.69) is 29.9 Å². The van der Waals surface area contributed by atoms with Gasteiger partial charge < -0.3 is 9.88 Å². The first-order valence-electron chi connectivity index (χ1n) is 6.54. The second-order valence-electron chi connectivity index (χ2n) is 5.36. The number of H-pyrrole nitrogens is 1. The molecular weight excluding hydrogens is 226 g/mol. The lowest BCUT2D eigenvalue weighted by molar-refractivity contribution is 0.221. The molecule has 2 heterocycles. The summed E-state index contributed by atoms with van der Waals surface area (Å²) in [6.07, 6.45) is 2.11. The van der Waals surface area contributed by atoms with Crippen molar-refractivity contribution in [2.75, 3.05) is 20.1 Å². The molecule has 0 spiro atoms. The molecule has 4 heteroatoms. The zero-order chi connectivity index (χ0) is 12.7. The van der Waals surface area contributed by atoms with Gasteiger partial charge in [-0.2, -0.15) is 0 Å². The SMILES string of the molecule is Cc1ccc2[nH]c(=O)n(C3CCN(C)CC3)c2c1. The van der Waals surface area contributed by atoms with Crippen molar-refractivity contribution >= 4 is 11.0 Å². The summed E-state index contributed by atoms with van der Waals surface area (Å²) in [4.78, 5) is 17.4. The van der Waals surface area contributed by atoms with Gasteiger partial charge in [0.2, 0.25) is 0 Å². The summed E-state index contributed by atoms with van der Waals surface area (Å²) in [5.74, 6) is 0. The lowest BCUT2D eigenvalue weighted by atomic mass is 10.1. The van der Waals surface area contributed by atoms with Crippen molar-refractivity contribution in [3.63, 3.8) is 0 Å². The monoisotopic (exact) mass is 245 g/mol. The third-order valence-electron chi connectivity index (χ3n) is 3.93. The van der Waals surface area contributed by atoms with Crippen molar-refractivity contribution in [2.45, 2.75) is 25.8 Å². The number of fused-ring (bicyclic) bond motifs is 1. The average Bonchev–Trinajstić information content (AvgIpc) is 2.66. The van der Waals surface area contributed by atoms with Gasteiger partial charge in [0.1, 0.15) is 0 Å². The Morgan fingerprint density at radius 2 is 2.00 bits per heavy atom. The van der Waals surface area contributed by atoms with E-state index >= 15 is 0 Å². The molecule has 1 N–H and O–H groups in total. The number of likely N-dealkylation sites (tertiary alicyclic amines) is 1. The number of hydrogen-bond acceptors (Lipinski definition) is 2. The predicted molar refractivity (Wildman–Crippen MR) is 73.1 cm³/mol. The Balaban J connectivity index is 2.08. The zero-order valence-corrected chi connectivity index (χ0v) is 10.9. The van der Waals surface area contributed by atoms with E-state index < -0.39 is 0 Å². The maximum absolute atomic E-state index is 12.1. The van der Waals surface area contributed by atoms with Gasteiger partial charge in [-0.3, -0.25) is 4.57 Å². The summed E-state index contributed by atoms with van der Waals surface area (Å²) in [5, 5.41) is 0. The molecule has 3 rings (SSSR count). The molecule has 0 saturated carbocycles. The van der Waals surface area contributed by atoms with Crippen LogP contribution < -0.4 is 5.69 Å². The van der Waals surface area contributed by atoms with Crippen molar-refractivity contribution in [3.8, 4) is 0 Å². The molecule has 18 heavy (non-hydrogen) atoms. The molecule has 0 atom stereocenters. The number of rotatable bonds is 1. The van der Waals surface area contributed by atoms with Gasteiger partial charge in [0.05, 0.1) is 11.0 Å². The number of benzene rings is 1. The molecule has 1 saturated heterocycles. The standard InChI is InChI=1S/C14H19N3O/c1-10-3-4-12-13(9-10)17(14(18)15-12)11-5-7-16(2)8-6-11/h3-4,9,11H,5-8H2,1-2H3,(H,15,18). The number of hydrogen-bond donors (Lipinski definition) is 1. The molecule has 0 unspecified atom stereocenters. The number of aromatic amines is 1.